The highest BCUT2D eigenvalue weighted by atomic mass is 19.4. The van der Waals surface area contributed by atoms with Gasteiger partial charge < -0.3 is 20.4 Å². The van der Waals surface area contributed by atoms with Gasteiger partial charge in [-0.15, -0.1) is 0 Å². The van der Waals surface area contributed by atoms with Crippen LogP contribution in [0.25, 0.3) is 0 Å². The number of alkyl halides is 10. The highest BCUT2D eigenvalue weighted by Gasteiger charge is 2.82. The molecular formula is C14H6F10O8. The van der Waals surface area contributed by atoms with Gasteiger partial charge in [0.15, 0.2) is 10.8 Å². The molecule has 2 unspecified atom stereocenters. The van der Waals surface area contributed by atoms with E-state index in [0.29, 0.717) is 0 Å². The van der Waals surface area contributed by atoms with Crippen LogP contribution in [0.3, 0.4) is 0 Å². The van der Waals surface area contributed by atoms with Crippen molar-refractivity contribution in [2.75, 3.05) is 0 Å². The summed E-state index contributed by atoms with van der Waals surface area (Å²) in [4.78, 5) is 45.6. The maximum atomic E-state index is 14.1. The number of carbonyl (C=O) groups is 4. The summed E-state index contributed by atoms with van der Waals surface area (Å²) < 4.78 is 134. The third-order valence-corrected chi connectivity index (χ3v) is 4.43. The molecule has 0 radical (unpaired) electrons. The van der Waals surface area contributed by atoms with E-state index < -0.39 is 82.2 Å². The summed E-state index contributed by atoms with van der Waals surface area (Å²) >= 11 is 0. The van der Waals surface area contributed by atoms with Gasteiger partial charge in [0.25, 0.3) is 0 Å². The van der Waals surface area contributed by atoms with Crippen LogP contribution in [-0.4, -0.2) is 68.5 Å². The lowest BCUT2D eigenvalue weighted by molar-refractivity contribution is -0.315. The van der Waals surface area contributed by atoms with Crippen LogP contribution in [0.4, 0.5) is 43.9 Å². The molecule has 4 N–H and O–H groups in total. The normalized spacial score (nSPS) is 24.9. The number of carboxylic acids is 4. The van der Waals surface area contributed by atoms with E-state index >= 15 is 0 Å². The van der Waals surface area contributed by atoms with Gasteiger partial charge in [0.05, 0.1) is 11.1 Å². The number of halogens is 10. The molecule has 0 aromatic carbocycles. The molecule has 0 saturated carbocycles. The molecule has 0 aromatic rings. The molecule has 1 aliphatic carbocycles. The van der Waals surface area contributed by atoms with Crippen molar-refractivity contribution in [2.45, 2.75) is 24.2 Å². The Morgan fingerprint density at radius 1 is 0.562 bits per heavy atom. The highest BCUT2D eigenvalue weighted by molar-refractivity contribution is 6.11. The van der Waals surface area contributed by atoms with E-state index in [1.54, 1.807) is 0 Å². The van der Waals surface area contributed by atoms with Gasteiger partial charge in [-0.05, 0) is 0 Å². The Morgan fingerprint density at radius 3 is 0.906 bits per heavy atom. The quantitative estimate of drug-likeness (QED) is 0.327. The van der Waals surface area contributed by atoms with Crippen LogP contribution >= 0.6 is 0 Å². The van der Waals surface area contributed by atoms with Gasteiger partial charge in [0.1, 0.15) is 0 Å². The first-order valence-corrected chi connectivity index (χ1v) is 7.26. The Bertz CT molecular complexity index is 870. The molecule has 180 valence electrons. The first-order chi connectivity index (χ1) is 14.0. The zero-order valence-electron chi connectivity index (χ0n) is 14.4. The second-order valence-electron chi connectivity index (χ2n) is 6.06. The molecule has 0 aliphatic heterocycles. The number of hydrogen-bond acceptors (Lipinski definition) is 4. The molecule has 2 atom stereocenters. The van der Waals surface area contributed by atoms with Crippen molar-refractivity contribution in [3.63, 3.8) is 0 Å². The molecule has 32 heavy (non-hydrogen) atoms. The molecule has 1 aliphatic rings. The number of aliphatic carboxylic acids is 4. The molecule has 0 aromatic heterocycles. The van der Waals surface area contributed by atoms with Crippen molar-refractivity contribution in [3.05, 3.63) is 23.3 Å². The molecule has 0 saturated heterocycles. The fourth-order valence-electron chi connectivity index (χ4n) is 2.96. The van der Waals surface area contributed by atoms with Crippen LogP contribution < -0.4 is 0 Å². The van der Waals surface area contributed by atoms with Crippen LogP contribution in [-0.2, 0) is 19.2 Å². The van der Waals surface area contributed by atoms with Crippen molar-refractivity contribution < 1.29 is 83.5 Å². The second kappa shape index (κ2) is 7.09. The minimum absolute atomic E-state index is 1.35. The lowest BCUT2D eigenvalue weighted by Crippen LogP contribution is -2.64. The molecule has 0 amide bonds. The predicted molar refractivity (Wildman–Crippen MR) is 73.6 cm³/mol. The van der Waals surface area contributed by atoms with Crippen LogP contribution in [0, 0.1) is 10.8 Å². The molecular weight excluding hydrogens is 486 g/mol. The molecule has 1 rings (SSSR count). The number of carboxylic acid groups (broad SMARTS) is 4. The standard InChI is InChI=1S/C14H6F10O8/c15-11(16,13(19,20)21)9(7(29)30)1-2-10(8(31)32,12(17,18)14(22,23)24)4(6(27)28)3(9)5(25)26/h1-2H,(H,25,26)(H,27,28)(H,29,30)(H,31,32). The fourth-order valence-corrected chi connectivity index (χ4v) is 2.96. The Hall–Kier alpha value is -3.34. The van der Waals surface area contributed by atoms with Gasteiger partial charge in [-0.25, -0.2) is 9.59 Å². The van der Waals surface area contributed by atoms with Crippen molar-refractivity contribution in [1.82, 2.24) is 0 Å². The van der Waals surface area contributed by atoms with Crippen LogP contribution in [0.5, 0.6) is 0 Å². The van der Waals surface area contributed by atoms with Crippen LogP contribution in [0.1, 0.15) is 0 Å². The lowest BCUT2D eigenvalue weighted by Gasteiger charge is -2.44. The van der Waals surface area contributed by atoms with E-state index in [9.17, 15) is 63.1 Å². The largest absolute Gasteiger partial charge is 0.480 e. The molecule has 8 nitrogen and oxygen atoms in total. The second-order valence-corrected chi connectivity index (χ2v) is 6.06. The monoisotopic (exact) mass is 492 g/mol. The third kappa shape index (κ3) is 3.07. The fraction of sp³-hybridized carbons (Fsp3) is 0.429. The molecule has 0 spiro atoms. The summed E-state index contributed by atoms with van der Waals surface area (Å²) in [5, 5.41) is 36.0. The Morgan fingerprint density at radius 2 is 0.781 bits per heavy atom. The SMILES string of the molecule is O=C(O)C1=C(C(=O)O)C(C(=O)O)(C(F)(F)C(F)(F)F)C=CC1(C(=O)O)C(F)(F)C(F)(F)F. The molecule has 0 fully saturated rings. The molecule has 18 heteroatoms. The summed E-state index contributed by atoms with van der Waals surface area (Å²) in [6, 6.07) is 0. The van der Waals surface area contributed by atoms with Gasteiger partial charge in [0, 0.05) is 0 Å². The Balaban J connectivity index is 4.53. The maximum Gasteiger partial charge on any atom is 0.455 e. The predicted octanol–water partition coefficient (Wildman–Crippen LogP) is 2.56. The van der Waals surface area contributed by atoms with Gasteiger partial charge in [-0.3, -0.25) is 9.59 Å². The van der Waals surface area contributed by atoms with Gasteiger partial charge in [-0.1, -0.05) is 12.2 Å². The topological polar surface area (TPSA) is 149 Å². The lowest BCUT2D eigenvalue weighted by atomic mass is 9.59. The average molecular weight is 492 g/mol. The first-order valence-electron chi connectivity index (χ1n) is 7.26. The highest BCUT2D eigenvalue weighted by Crippen LogP contribution is 2.62. The van der Waals surface area contributed by atoms with E-state index in [-0.39, 0.29) is 0 Å². The van der Waals surface area contributed by atoms with Crippen molar-refractivity contribution >= 4 is 23.9 Å². The minimum atomic E-state index is -7.05. The van der Waals surface area contributed by atoms with E-state index in [1.165, 1.54) is 0 Å². The minimum Gasteiger partial charge on any atom is -0.480 e. The maximum absolute atomic E-state index is 14.1. The van der Waals surface area contributed by atoms with Crippen molar-refractivity contribution in [1.29, 1.82) is 0 Å². The van der Waals surface area contributed by atoms with E-state index in [0.717, 1.165) is 0 Å². The zero-order valence-corrected chi connectivity index (χ0v) is 14.4. The van der Waals surface area contributed by atoms with Crippen molar-refractivity contribution in [3.8, 4) is 0 Å². The van der Waals surface area contributed by atoms with Gasteiger partial charge in [0.2, 0.25) is 0 Å². The van der Waals surface area contributed by atoms with E-state index in [2.05, 4.69) is 0 Å². The molecule has 0 heterocycles. The Labute approximate surface area is 167 Å². The number of rotatable bonds is 6. The van der Waals surface area contributed by atoms with E-state index in [4.69, 9.17) is 20.4 Å². The Kier molecular flexibility index (Phi) is 5.91. The van der Waals surface area contributed by atoms with Gasteiger partial charge in [-0.2, -0.15) is 43.9 Å². The summed E-state index contributed by atoms with van der Waals surface area (Å²) in [6.45, 7) is 0. The van der Waals surface area contributed by atoms with Crippen LogP contribution in [0.15, 0.2) is 23.3 Å². The summed E-state index contributed by atoms with van der Waals surface area (Å²) in [7, 11) is 0. The smallest absolute Gasteiger partial charge is 0.455 e. The zero-order chi connectivity index (χ0) is 25.9. The third-order valence-electron chi connectivity index (χ3n) is 4.43. The summed E-state index contributed by atoms with van der Waals surface area (Å²) in [5.74, 6) is -27.7. The number of hydrogen-bond donors (Lipinski definition) is 4. The molecule has 0 bridgehead atoms. The summed E-state index contributed by atoms with van der Waals surface area (Å²) in [5.41, 5.74) is -17.7. The van der Waals surface area contributed by atoms with Gasteiger partial charge >= 0.3 is 48.1 Å². The first kappa shape index (κ1) is 26.7. The summed E-state index contributed by atoms with van der Waals surface area (Å²) in [6.07, 6.45) is -16.8. The van der Waals surface area contributed by atoms with Crippen molar-refractivity contribution in [2.24, 2.45) is 10.8 Å². The van der Waals surface area contributed by atoms with Crippen LogP contribution in [0.2, 0.25) is 0 Å². The van der Waals surface area contributed by atoms with E-state index in [1.807, 2.05) is 0 Å². The average Bonchev–Trinajstić information content (AvgIpc) is 2.56.